The van der Waals surface area contributed by atoms with E-state index in [9.17, 15) is 4.79 Å². The largest absolute Gasteiger partial charge is 0.481 e. The van der Waals surface area contributed by atoms with Crippen LogP contribution in [-0.4, -0.2) is 23.7 Å². The van der Waals surface area contributed by atoms with Crippen LogP contribution in [0.5, 0.6) is 0 Å². The smallest absolute Gasteiger partial charge is 0.304 e. The first-order chi connectivity index (χ1) is 8.19. The third kappa shape index (κ3) is 5.18. The van der Waals surface area contributed by atoms with E-state index in [1.165, 1.54) is 11.1 Å². The number of carboxylic acids is 1. The summed E-state index contributed by atoms with van der Waals surface area (Å²) in [6.45, 7) is 8.64. The molecule has 3 nitrogen and oxygen atoms in total. The Kier molecular flexibility index (Phi) is 8.42. The molecule has 0 aromatic heterocycles. The topological polar surface area (TPSA) is 49.3 Å². The molecule has 1 rings (SSSR count). The molecule has 3 heteroatoms. The molecule has 1 unspecified atom stereocenters. The zero-order valence-corrected chi connectivity index (χ0v) is 11.4. The van der Waals surface area contributed by atoms with E-state index < -0.39 is 5.97 Å². The molecule has 1 atom stereocenters. The Morgan fingerprint density at radius 3 is 2.53 bits per heavy atom. The van der Waals surface area contributed by atoms with Crippen molar-refractivity contribution in [1.29, 1.82) is 0 Å². The van der Waals surface area contributed by atoms with Gasteiger partial charge in [-0.05, 0) is 37.8 Å². The van der Waals surface area contributed by atoms with Crippen LogP contribution >= 0.6 is 0 Å². The van der Waals surface area contributed by atoms with Crippen molar-refractivity contribution in [3.8, 4) is 0 Å². The molecule has 0 spiro atoms. The Labute approximate surface area is 105 Å². The van der Waals surface area contributed by atoms with Gasteiger partial charge in [0, 0.05) is 12.6 Å². The number of nitrogens with one attached hydrogen (secondary N) is 1. The first-order valence-corrected chi connectivity index (χ1v) is 6.46. The summed E-state index contributed by atoms with van der Waals surface area (Å²) in [4.78, 5) is 10.4. The summed E-state index contributed by atoms with van der Waals surface area (Å²) >= 11 is 0. The summed E-state index contributed by atoms with van der Waals surface area (Å²) < 4.78 is 0. The lowest BCUT2D eigenvalue weighted by atomic mass is 10.1. The van der Waals surface area contributed by atoms with E-state index in [0.717, 1.165) is 12.8 Å². The van der Waals surface area contributed by atoms with Gasteiger partial charge in [0.1, 0.15) is 0 Å². The van der Waals surface area contributed by atoms with Crippen molar-refractivity contribution in [2.75, 3.05) is 6.54 Å². The number of carbonyl (C=O) groups is 1. The molecule has 2 N–H and O–H groups in total. The van der Waals surface area contributed by atoms with Crippen molar-refractivity contribution >= 4 is 5.97 Å². The predicted molar refractivity (Wildman–Crippen MR) is 72.1 cm³/mol. The number of hydrogen-bond donors (Lipinski definition) is 2. The molecule has 0 radical (unpaired) electrons. The van der Waals surface area contributed by atoms with Crippen molar-refractivity contribution in [3.63, 3.8) is 0 Å². The van der Waals surface area contributed by atoms with Gasteiger partial charge in [-0.25, -0.2) is 0 Å². The van der Waals surface area contributed by atoms with Crippen LogP contribution in [0.1, 0.15) is 47.0 Å². The molecule has 0 aliphatic heterocycles. The van der Waals surface area contributed by atoms with Crippen molar-refractivity contribution in [2.45, 2.75) is 53.0 Å². The number of carboxylic acid groups (broad SMARTS) is 1. The fourth-order valence-electron chi connectivity index (χ4n) is 2.09. The van der Waals surface area contributed by atoms with Crippen LogP contribution in [0, 0.1) is 0 Å². The summed E-state index contributed by atoms with van der Waals surface area (Å²) in [7, 11) is 0. The van der Waals surface area contributed by atoms with Crippen LogP contribution in [0.2, 0.25) is 0 Å². The molecule has 0 amide bonds. The second-order valence-corrected chi connectivity index (χ2v) is 3.75. The minimum Gasteiger partial charge on any atom is -0.481 e. The summed E-state index contributed by atoms with van der Waals surface area (Å²) in [5.41, 5.74) is 2.73. The summed E-state index contributed by atoms with van der Waals surface area (Å²) in [5.74, 6) is -0.742. The molecule has 1 aliphatic carbocycles. The van der Waals surface area contributed by atoms with Crippen LogP contribution < -0.4 is 5.32 Å². The normalized spacial score (nSPS) is 23.6. The maximum atomic E-state index is 10.4. The minimum atomic E-state index is -0.742. The maximum absolute atomic E-state index is 10.4. The Morgan fingerprint density at radius 2 is 2.06 bits per heavy atom. The lowest BCUT2D eigenvalue weighted by Gasteiger charge is -2.13. The molecule has 0 bridgehead atoms. The first-order valence-electron chi connectivity index (χ1n) is 6.46. The van der Waals surface area contributed by atoms with E-state index in [2.05, 4.69) is 24.4 Å². The van der Waals surface area contributed by atoms with Gasteiger partial charge >= 0.3 is 5.97 Å². The van der Waals surface area contributed by atoms with Gasteiger partial charge in [0.25, 0.3) is 0 Å². The van der Waals surface area contributed by atoms with Crippen molar-refractivity contribution in [3.05, 3.63) is 23.3 Å². The van der Waals surface area contributed by atoms with E-state index in [-0.39, 0.29) is 6.42 Å². The van der Waals surface area contributed by atoms with Gasteiger partial charge < -0.3 is 10.4 Å². The molecule has 17 heavy (non-hydrogen) atoms. The number of aliphatic carboxylic acids is 1. The molecule has 0 saturated heterocycles. The van der Waals surface area contributed by atoms with E-state index >= 15 is 0 Å². The summed E-state index contributed by atoms with van der Waals surface area (Å²) in [5, 5.41) is 11.8. The van der Waals surface area contributed by atoms with Crippen LogP contribution in [0.3, 0.4) is 0 Å². The maximum Gasteiger partial charge on any atom is 0.304 e. The average Bonchev–Trinajstić information content (AvgIpc) is 2.73. The highest BCUT2D eigenvalue weighted by Gasteiger charge is 2.23. The third-order valence-electron chi connectivity index (χ3n) is 2.84. The van der Waals surface area contributed by atoms with Gasteiger partial charge in [0.15, 0.2) is 0 Å². The number of rotatable bonds is 4. The van der Waals surface area contributed by atoms with Gasteiger partial charge in [-0.3, -0.25) is 4.79 Å². The van der Waals surface area contributed by atoms with Crippen molar-refractivity contribution in [2.24, 2.45) is 0 Å². The van der Waals surface area contributed by atoms with E-state index in [1.807, 2.05) is 20.8 Å². The quantitative estimate of drug-likeness (QED) is 0.792. The Bertz CT molecular complexity index is 293. The number of hydrogen-bond acceptors (Lipinski definition) is 2. The van der Waals surface area contributed by atoms with Gasteiger partial charge in [-0.2, -0.15) is 0 Å². The second kappa shape index (κ2) is 8.99. The molecule has 0 aromatic carbocycles. The second-order valence-electron chi connectivity index (χ2n) is 3.75. The Morgan fingerprint density at radius 1 is 1.41 bits per heavy atom. The van der Waals surface area contributed by atoms with Crippen LogP contribution in [-0.2, 0) is 4.79 Å². The molecular weight excluding hydrogens is 214 g/mol. The lowest BCUT2D eigenvalue weighted by Crippen LogP contribution is -2.29. The van der Waals surface area contributed by atoms with Crippen molar-refractivity contribution in [1.82, 2.24) is 5.32 Å². The zero-order chi connectivity index (χ0) is 13.3. The lowest BCUT2D eigenvalue weighted by molar-refractivity contribution is -0.136. The highest BCUT2D eigenvalue weighted by molar-refractivity contribution is 5.66. The van der Waals surface area contributed by atoms with Crippen LogP contribution in [0.15, 0.2) is 23.3 Å². The number of allylic oxidation sites excluding steroid dienone is 2. The standard InChI is InChI=1S/C12H19NO2.C2H6/c1-3-9-5-6-11(10(9)4-2)13-8-7-12(14)15;1-2/h3-4,11,13H,5-8H2,1-2H3,(H,14,15);1-2H3/b9-3-,10-4+;. The van der Waals surface area contributed by atoms with Gasteiger partial charge in [-0.1, -0.05) is 26.0 Å². The summed E-state index contributed by atoms with van der Waals surface area (Å²) in [6.07, 6.45) is 6.65. The fraction of sp³-hybridized carbons (Fsp3) is 0.643. The minimum absolute atomic E-state index is 0.193. The van der Waals surface area contributed by atoms with Crippen LogP contribution in [0.4, 0.5) is 0 Å². The highest BCUT2D eigenvalue weighted by Crippen LogP contribution is 2.30. The average molecular weight is 239 g/mol. The SMILES string of the molecule is C/C=C1/CCC(NCCC(=O)O)/C1=C/C.CC. The van der Waals surface area contributed by atoms with Gasteiger partial charge in [-0.15, -0.1) is 0 Å². The van der Waals surface area contributed by atoms with E-state index in [0.29, 0.717) is 12.6 Å². The molecule has 1 saturated carbocycles. The predicted octanol–water partition coefficient (Wildman–Crippen LogP) is 3.13. The molecule has 0 aromatic rings. The Balaban J connectivity index is 0.00000121. The third-order valence-corrected chi connectivity index (χ3v) is 2.84. The fourth-order valence-corrected chi connectivity index (χ4v) is 2.09. The van der Waals surface area contributed by atoms with Gasteiger partial charge in [0.2, 0.25) is 0 Å². The molecule has 98 valence electrons. The highest BCUT2D eigenvalue weighted by atomic mass is 16.4. The Hall–Kier alpha value is -1.09. The van der Waals surface area contributed by atoms with Crippen molar-refractivity contribution < 1.29 is 9.90 Å². The van der Waals surface area contributed by atoms with Crippen LogP contribution in [0.25, 0.3) is 0 Å². The van der Waals surface area contributed by atoms with E-state index in [4.69, 9.17) is 5.11 Å². The van der Waals surface area contributed by atoms with Gasteiger partial charge in [0.05, 0.1) is 6.42 Å². The molecule has 1 fully saturated rings. The summed E-state index contributed by atoms with van der Waals surface area (Å²) in [6, 6.07) is 0.348. The zero-order valence-electron chi connectivity index (χ0n) is 11.4. The molecular formula is C14H25NO2. The molecule has 1 aliphatic rings. The monoisotopic (exact) mass is 239 g/mol. The first kappa shape index (κ1) is 15.9. The van der Waals surface area contributed by atoms with E-state index in [1.54, 1.807) is 0 Å². The molecule has 0 heterocycles.